The van der Waals surface area contributed by atoms with E-state index in [4.69, 9.17) is 16.3 Å². The lowest BCUT2D eigenvalue weighted by Gasteiger charge is -2.46. The average Bonchev–Trinajstić information content (AvgIpc) is 2.78. The normalized spacial score (nSPS) is 16.9. The van der Waals surface area contributed by atoms with E-state index < -0.39 is 0 Å². The van der Waals surface area contributed by atoms with Crippen molar-refractivity contribution in [1.82, 2.24) is 10.3 Å². The second kappa shape index (κ2) is 9.81. The number of hydrogen-bond donors (Lipinski definition) is 1. The molecule has 35 heavy (non-hydrogen) atoms. The van der Waals surface area contributed by atoms with Gasteiger partial charge in [-0.2, -0.15) is 5.26 Å². The molecule has 1 fully saturated rings. The molecule has 0 atom stereocenters. The fourth-order valence-corrected chi connectivity index (χ4v) is 5.62. The van der Waals surface area contributed by atoms with Crippen LogP contribution in [0, 0.1) is 17.2 Å². The molecule has 6 heteroatoms. The number of carbonyl (C=O) groups excluding carboxylic acids is 1. The Morgan fingerprint density at radius 2 is 1.83 bits per heavy atom. The summed E-state index contributed by atoms with van der Waals surface area (Å²) in [7, 11) is 0. The van der Waals surface area contributed by atoms with Crippen molar-refractivity contribution in [2.45, 2.75) is 58.0 Å². The molecule has 0 bridgehead atoms. The molecular formula is C29H30ClN3O2. The maximum atomic E-state index is 13.1. The fraction of sp³-hybridized carbons (Fsp3) is 0.345. The molecule has 0 unspecified atom stereocenters. The van der Waals surface area contributed by atoms with Gasteiger partial charge in [0.15, 0.2) is 5.78 Å². The van der Waals surface area contributed by atoms with Gasteiger partial charge in [0.2, 0.25) is 0 Å². The van der Waals surface area contributed by atoms with E-state index in [-0.39, 0.29) is 16.9 Å². The first kappa shape index (κ1) is 24.9. The molecule has 0 aliphatic carbocycles. The van der Waals surface area contributed by atoms with Gasteiger partial charge in [-0.05, 0) is 82.9 Å². The van der Waals surface area contributed by atoms with E-state index in [2.05, 4.69) is 44.1 Å². The largest absolute Gasteiger partial charge is 0.454 e. The van der Waals surface area contributed by atoms with Gasteiger partial charge in [0.05, 0.1) is 10.7 Å². The first-order valence-electron chi connectivity index (χ1n) is 11.8. The summed E-state index contributed by atoms with van der Waals surface area (Å²) in [4.78, 5) is 17.4. The first-order valence-corrected chi connectivity index (χ1v) is 12.2. The van der Waals surface area contributed by atoms with E-state index in [1.807, 2.05) is 30.3 Å². The summed E-state index contributed by atoms with van der Waals surface area (Å²) in [5, 5.41) is 13.8. The predicted octanol–water partition coefficient (Wildman–Crippen LogP) is 7.20. The SMILES string of the molecule is CC1(C)CC(CC(=O)c2ccc(Oc3cccc(-c4ccccn4)c3C#N)c(Cl)c2)CC(C)(C)N1. The smallest absolute Gasteiger partial charge is 0.163 e. The number of rotatable bonds is 6. The Morgan fingerprint density at radius 3 is 2.46 bits per heavy atom. The molecule has 0 radical (unpaired) electrons. The molecule has 0 spiro atoms. The minimum Gasteiger partial charge on any atom is -0.454 e. The Kier molecular flexibility index (Phi) is 6.98. The zero-order chi connectivity index (χ0) is 25.2. The van der Waals surface area contributed by atoms with Crippen molar-refractivity contribution in [1.29, 1.82) is 5.26 Å². The van der Waals surface area contributed by atoms with Crippen molar-refractivity contribution < 1.29 is 9.53 Å². The fourth-order valence-electron chi connectivity index (χ4n) is 5.40. The third-order valence-corrected chi connectivity index (χ3v) is 6.60. The molecule has 0 saturated carbocycles. The zero-order valence-corrected chi connectivity index (χ0v) is 21.3. The summed E-state index contributed by atoms with van der Waals surface area (Å²) < 4.78 is 6.03. The molecule has 1 saturated heterocycles. The van der Waals surface area contributed by atoms with Crippen LogP contribution in [0.15, 0.2) is 60.8 Å². The van der Waals surface area contributed by atoms with Crippen LogP contribution >= 0.6 is 11.6 Å². The minimum atomic E-state index is -0.00963. The molecule has 0 amide bonds. The van der Waals surface area contributed by atoms with Gasteiger partial charge in [-0.25, -0.2) is 0 Å². The number of nitriles is 1. The van der Waals surface area contributed by atoms with Crippen molar-refractivity contribution >= 4 is 17.4 Å². The minimum absolute atomic E-state index is 0.00963. The topological polar surface area (TPSA) is 75.0 Å². The number of Topliss-reactive ketones (excluding diaryl/α,β-unsaturated/α-hetero) is 1. The van der Waals surface area contributed by atoms with Crippen LogP contribution < -0.4 is 10.1 Å². The Hall–Kier alpha value is -3.20. The van der Waals surface area contributed by atoms with Crippen LogP contribution in [0.3, 0.4) is 0 Å². The van der Waals surface area contributed by atoms with Crippen LogP contribution in [0.4, 0.5) is 0 Å². The molecule has 1 aliphatic heterocycles. The molecule has 2 aromatic carbocycles. The molecule has 5 nitrogen and oxygen atoms in total. The Morgan fingerprint density at radius 1 is 1.09 bits per heavy atom. The van der Waals surface area contributed by atoms with Gasteiger partial charge in [-0.1, -0.05) is 29.8 Å². The molecular weight excluding hydrogens is 458 g/mol. The van der Waals surface area contributed by atoms with Crippen molar-refractivity contribution in [3.8, 4) is 28.8 Å². The van der Waals surface area contributed by atoms with Crippen molar-refractivity contribution in [3.63, 3.8) is 0 Å². The van der Waals surface area contributed by atoms with Gasteiger partial charge in [0.1, 0.15) is 23.1 Å². The van der Waals surface area contributed by atoms with E-state index in [0.29, 0.717) is 51.2 Å². The maximum absolute atomic E-state index is 13.1. The van der Waals surface area contributed by atoms with E-state index in [9.17, 15) is 10.1 Å². The van der Waals surface area contributed by atoms with Gasteiger partial charge >= 0.3 is 0 Å². The highest BCUT2D eigenvalue weighted by atomic mass is 35.5. The molecule has 1 aromatic heterocycles. The van der Waals surface area contributed by atoms with Gasteiger partial charge in [0, 0.05) is 34.8 Å². The van der Waals surface area contributed by atoms with E-state index in [1.165, 1.54) is 0 Å². The van der Waals surface area contributed by atoms with Crippen LogP contribution in [0.1, 0.15) is 62.9 Å². The maximum Gasteiger partial charge on any atom is 0.163 e. The lowest BCUT2D eigenvalue weighted by molar-refractivity contribution is 0.0864. The van der Waals surface area contributed by atoms with Crippen LogP contribution in [0.25, 0.3) is 11.3 Å². The number of nitrogens with zero attached hydrogens (tertiary/aromatic N) is 2. The molecule has 1 aliphatic rings. The number of nitrogens with one attached hydrogen (secondary N) is 1. The van der Waals surface area contributed by atoms with Crippen LogP contribution in [0.2, 0.25) is 5.02 Å². The summed E-state index contributed by atoms with van der Waals surface area (Å²) in [6, 6.07) is 18.2. The monoisotopic (exact) mass is 487 g/mol. The number of pyridine rings is 1. The van der Waals surface area contributed by atoms with Gasteiger partial charge < -0.3 is 10.1 Å². The molecule has 1 N–H and O–H groups in total. The molecule has 180 valence electrons. The van der Waals surface area contributed by atoms with Gasteiger partial charge in [-0.3, -0.25) is 9.78 Å². The van der Waals surface area contributed by atoms with Crippen LogP contribution in [-0.4, -0.2) is 21.8 Å². The standard InChI is InChI=1S/C29H30ClN3O2/c1-28(2)16-19(17-29(3,4)33-28)14-25(34)20-11-12-27(23(30)15-20)35-26-10-7-8-21(22(26)18-31)24-9-5-6-13-32-24/h5-13,15,19,33H,14,16-17H2,1-4H3. The van der Waals surface area contributed by atoms with Crippen molar-refractivity contribution in [3.05, 3.63) is 76.9 Å². The number of aromatic nitrogens is 1. The molecule has 3 aromatic rings. The van der Waals surface area contributed by atoms with Gasteiger partial charge in [-0.15, -0.1) is 0 Å². The van der Waals surface area contributed by atoms with Crippen LogP contribution in [-0.2, 0) is 0 Å². The number of ether oxygens (including phenoxy) is 1. The number of piperidine rings is 1. The number of hydrogen-bond acceptors (Lipinski definition) is 5. The van der Waals surface area contributed by atoms with E-state index >= 15 is 0 Å². The Labute approximate surface area is 212 Å². The third kappa shape index (κ3) is 5.90. The molecule has 4 rings (SSSR count). The second-order valence-electron chi connectivity index (χ2n) is 10.5. The number of benzene rings is 2. The van der Waals surface area contributed by atoms with Gasteiger partial charge in [0.25, 0.3) is 0 Å². The Bertz CT molecular complexity index is 1260. The zero-order valence-electron chi connectivity index (χ0n) is 20.6. The number of ketones is 1. The summed E-state index contributed by atoms with van der Waals surface area (Å²) >= 11 is 6.53. The average molecular weight is 488 g/mol. The lowest BCUT2D eigenvalue weighted by Crippen LogP contribution is -2.57. The summed E-state index contributed by atoms with van der Waals surface area (Å²) in [6.45, 7) is 8.75. The highest BCUT2D eigenvalue weighted by Gasteiger charge is 2.38. The van der Waals surface area contributed by atoms with E-state index in [0.717, 1.165) is 12.8 Å². The predicted molar refractivity (Wildman–Crippen MR) is 139 cm³/mol. The quantitative estimate of drug-likeness (QED) is 0.372. The van der Waals surface area contributed by atoms with Crippen molar-refractivity contribution in [2.24, 2.45) is 5.92 Å². The number of carbonyl (C=O) groups is 1. The highest BCUT2D eigenvalue weighted by molar-refractivity contribution is 6.32. The second-order valence-corrected chi connectivity index (χ2v) is 11.0. The van der Waals surface area contributed by atoms with Crippen LogP contribution in [0.5, 0.6) is 11.5 Å². The highest BCUT2D eigenvalue weighted by Crippen LogP contribution is 2.37. The third-order valence-electron chi connectivity index (χ3n) is 6.30. The Balaban J connectivity index is 1.53. The summed E-state index contributed by atoms with van der Waals surface area (Å²) in [5.74, 6) is 1.15. The summed E-state index contributed by atoms with van der Waals surface area (Å²) in [6.07, 6.45) is 4.06. The molecule has 2 heterocycles. The van der Waals surface area contributed by atoms with E-state index in [1.54, 1.807) is 30.5 Å². The first-order chi connectivity index (χ1) is 16.6. The summed E-state index contributed by atoms with van der Waals surface area (Å²) in [5.41, 5.74) is 2.29. The van der Waals surface area contributed by atoms with Crippen molar-refractivity contribution in [2.75, 3.05) is 0 Å². The number of halogens is 1. The lowest BCUT2D eigenvalue weighted by atomic mass is 9.74.